The van der Waals surface area contributed by atoms with Crippen LogP contribution >= 0.6 is 0 Å². The van der Waals surface area contributed by atoms with Crippen LogP contribution in [0.25, 0.3) is 0 Å². The van der Waals surface area contributed by atoms with Crippen LogP contribution in [-0.4, -0.2) is 4.98 Å². The molecule has 20 heavy (non-hydrogen) atoms. The largest absolute Gasteiger partial charge is 0.489 e. The van der Waals surface area contributed by atoms with Crippen molar-refractivity contribution in [2.24, 2.45) is 5.84 Å². The first-order chi connectivity index (χ1) is 9.81. The number of hydrogen-bond acceptors (Lipinski definition) is 4. The summed E-state index contributed by atoms with van der Waals surface area (Å²) in [6.45, 7) is 2.71. The zero-order chi connectivity index (χ0) is 14.2. The van der Waals surface area contributed by atoms with Gasteiger partial charge in [0.2, 0.25) is 0 Å². The average Bonchev–Trinajstić information content (AvgIpc) is 2.52. The standard InChI is InChI=1S/C16H21N3O/c1-2-3-4-13-5-8-15(9-6-13)20-12-14-7-10-16(19-17)18-11-14/h5-11H,2-4,12,17H2,1H3,(H,18,19). The van der Waals surface area contributed by atoms with Crippen LogP contribution in [0.4, 0.5) is 5.82 Å². The Morgan fingerprint density at radius 1 is 1.10 bits per heavy atom. The molecule has 1 aromatic carbocycles. The summed E-state index contributed by atoms with van der Waals surface area (Å²) in [5.74, 6) is 6.80. The van der Waals surface area contributed by atoms with Crippen molar-refractivity contribution in [2.45, 2.75) is 32.8 Å². The highest BCUT2D eigenvalue weighted by atomic mass is 16.5. The molecule has 0 saturated heterocycles. The fourth-order valence-electron chi connectivity index (χ4n) is 1.90. The number of hydrazine groups is 1. The predicted molar refractivity (Wildman–Crippen MR) is 81.4 cm³/mol. The first kappa shape index (κ1) is 14.3. The van der Waals surface area contributed by atoms with Gasteiger partial charge >= 0.3 is 0 Å². The van der Waals surface area contributed by atoms with E-state index < -0.39 is 0 Å². The molecule has 0 amide bonds. The lowest BCUT2D eigenvalue weighted by atomic mass is 10.1. The number of nitrogens with two attached hydrogens (primary N) is 1. The summed E-state index contributed by atoms with van der Waals surface area (Å²) in [5, 5.41) is 0. The number of aromatic nitrogens is 1. The van der Waals surface area contributed by atoms with Gasteiger partial charge in [-0.1, -0.05) is 31.5 Å². The average molecular weight is 271 g/mol. The Labute approximate surface area is 120 Å². The maximum atomic E-state index is 5.73. The Balaban J connectivity index is 1.86. The third kappa shape index (κ3) is 4.24. The van der Waals surface area contributed by atoms with Crippen LogP contribution in [0.5, 0.6) is 5.75 Å². The summed E-state index contributed by atoms with van der Waals surface area (Å²) < 4.78 is 5.73. The monoisotopic (exact) mass is 271 g/mol. The van der Waals surface area contributed by atoms with Crippen LogP contribution < -0.4 is 16.0 Å². The number of nitrogen functional groups attached to an aromatic ring is 1. The van der Waals surface area contributed by atoms with Crippen molar-refractivity contribution in [3.05, 3.63) is 53.7 Å². The van der Waals surface area contributed by atoms with E-state index in [1.165, 1.54) is 18.4 Å². The van der Waals surface area contributed by atoms with Gasteiger partial charge in [0, 0.05) is 11.8 Å². The molecule has 0 bridgehead atoms. The molecule has 0 aliphatic carbocycles. The molecular formula is C16H21N3O. The van der Waals surface area contributed by atoms with E-state index in [1.54, 1.807) is 6.20 Å². The summed E-state index contributed by atoms with van der Waals surface area (Å²) in [6, 6.07) is 12.1. The number of rotatable bonds is 7. The van der Waals surface area contributed by atoms with Gasteiger partial charge in [-0.15, -0.1) is 0 Å². The maximum Gasteiger partial charge on any atom is 0.139 e. The van der Waals surface area contributed by atoms with E-state index in [2.05, 4.69) is 29.5 Å². The van der Waals surface area contributed by atoms with E-state index in [0.29, 0.717) is 12.4 Å². The molecule has 4 nitrogen and oxygen atoms in total. The molecule has 2 rings (SSSR count). The highest BCUT2D eigenvalue weighted by Crippen LogP contribution is 2.15. The molecule has 2 aromatic rings. The van der Waals surface area contributed by atoms with E-state index in [4.69, 9.17) is 10.6 Å². The summed E-state index contributed by atoms with van der Waals surface area (Å²) in [6.07, 6.45) is 5.34. The third-order valence-electron chi connectivity index (χ3n) is 3.12. The van der Waals surface area contributed by atoms with Gasteiger partial charge in [0.25, 0.3) is 0 Å². The number of anilines is 1. The SMILES string of the molecule is CCCCc1ccc(OCc2ccc(NN)nc2)cc1. The Bertz CT molecular complexity index is 508. The lowest BCUT2D eigenvalue weighted by Crippen LogP contribution is -2.08. The topological polar surface area (TPSA) is 60.2 Å². The minimum absolute atomic E-state index is 0.506. The van der Waals surface area contributed by atoms with Gasteiger partial charge < -0.3 is 10.2 Å². The van der Waals surface area contributed by atoms with E-state index in [-0.39, 0.29) is 0 Å². The Morgan fingerprint density at radius 2 is 1.85 bits per heavy atom. The summed E-state index contributed by atoms with van der Waals surface area (Å²) in [7, 11) is 0. The number of benzene rings is 1. The number of pyridine rings is 1. The maximum absolute atomic E-state index is 5.73. The summed E-state index contributed by atoms with van der Waals surface area (Å²) in [4.78, 5) is 4.14. The van der Waals surface area contributed by atoms with E-state index >= 15 is 0 Å². The number of aryl methyl sites for hydroxylation is 1. The van der Waals surface area contributed by atoms with Crippen LogP contribution in [0, 0.1) is 0 Å². The van der Waals surface area contributed by atoms with Gasteiger partial charge in [-0.25, -0.2) is 10.8 Å². The second-order valence-corrected chi connectivity index (χ2v) is 4.73. The molecule has 0 unspecified atom stereocenters. The summed E-state index contributed by atoms with van der Waals surface area (Å²) in [5.41, 5.74) is 4.87. The van der Waals surface area contributed by atoms with Crippen molar-refractivity contribution in [3.8, 4) is 5.75 Å². The zero-order valence-electron chi connectivity index (χ0n) is 11.8. The lowest BCUT2D eigenvalue weighted by molar-refractivity contribution is 0.305. The quantitative estimate of drug-likeness (QED) is 0.599. The Kier molecular flexibility index (Phi) is 5.38. The van der Waals surface area contributed by atoms with Crippen molar-refractivity contribution in [1.82, 2.24) is 4.98 Å². The number of hydrogen-bond donors (Lipinski definition) is 2. The van der Waals surface area contributed by atoms with E-state index in [9.17, 15) is 0 Å². The predicted octanol–water partition coefficient (Wildman–Crippen LogP) is 3.29. The van der Waals surface area contributed by atoms with Gasteiger partial charge in [-0.05, 0) is 36.6 Å². The van der Waals surface area contributed by atoms with Crippen LogP contribution in [0.2, 0.25) is 0 Å². The molecule has 0 aliphatic heterocycles. The molecule has 106 valence electrons. The fourth-order valence-corrected chi connectivity index (χ4v) is 1.90. The molecule has 0 spiro atoms. The molecule has 1 heterocycles. The molecule has 0 radical (unpaired) electrons. The second-order valence-electron chi connectivity index (χ2n) is 4.73. The van der Waals surface area contributed by atoms with Crippen molar-refractivity contribution in [3.63, 3.8) is 0 Å². The van der Waals surface area contributed by atoms with Crippen molar-refractivity contribution >= 4 is 5.82 Å². The molecule has 0 aliphatic rings. The van der Waals surface area contributed by atoms with E-state index in [1.807, 2.05) is 24.3 Å². The Hall–Kier alpha value is -2.07. The molecular weight excluding hydrogens is 250 g/mol. The minimum Gasteiger partial charge on any atom is -0.489 e. The van der Waals surface area contributed by atoms with Crippen molar-refractivity contribution < 1.29 is 4.74 Å². The molecule has 4 heteroatoms. The number of unbranched alkanes of at least 4 members (excludes halogenated alkanes) is 1. The van der Waals surface area contributed by atoms with Crippen LogP contribution in [-0.2, 0) is 13.0 Å². The van der Waals surface area contributed by atoms with Crippen molar-refractivity contribution in [1.29, 1.82) is 0 Å². The minimum atomic E-state index is 0.506. The van der Waals surface area contributed by atoms with Gasteiger partial charge in [0.15, 0.2) is 0 Å². The lowest BCUT2D eigenvalue weighted by Gasteiger charge is -2.07. The van der Waals surface area contributed by atoms with Crippen LogP contribution in [0.15, 0.2) is 42.6 Å². The molecule has 0 atom stereocenters. The van der Waals surface area contributed by atoms with Gasteiger partial charge in [-0.3, -0.25) is 0 Å². The number of nitrogens with zero attached hydrogens (tertiary/aromatic N) is 1. The second kappa shape index (κ2) is 7.50. The van der Waals surface area contributed by atoms with E-state index in [0.717, 1.165) is 17.7 Å². The summed E-state index contributed by atoms with van der Waals surface area (Å²) >= 11 is 0. The van der Waals surface area contributed by atoms with Gasteiger partial charge in [0.05, 0.1) is 0 Å². The number of ether oxygens (including phenoxy) is 1. The number of nitrogens with one attached hydrogen (secondary N) is 1. The smallest absolute Gasteiger partial charge is 0.139 e. The molecule has 0 fully saturated rings. The first-order valence-electron chi connectivity index (χ1n) is 6.95. The highest BCUT2D eigenvalue weighted by molar-refractivity contribution is 5.34. The van der Waals surface area contributed by atoms with Crippen LogP contribution in [0.3, 0.4) is 0 Å². The third-order valence-corrected chi connectivity index (χ3v) is 3.12. The Morgan fingerprint density at radius 3 is 2.45 bits per heavy atom. The van der Waals surface area contributed by atoms with Crippen molar-refractivity contribution in [2.75, 3.05) is 5.43 Å². The van der Waals surface area contributed by atoms with Gasteiger partial charge in [0.1, 0.15) is 18.2 Å². The normalized spacial score (nSPS) is 10.3. The van der Waals surface area contributed by atoms with Gasteiger partial charge in [-0.2, -0.15) is 0 Å². The highest BCUT2D eigenvalue weighted by Gasteiger charge is 1.98. The molecule has 1 aromatic heterocycles. The molecule has 3 N–H and O–H groups in total. The molecule has 0 saturated carbocycles. The van der Waals surface area contributed by atoms with Crippen LogP contribution in [0.1, 0.15) is 30.9 Å². The fraction of sp³-hybridized carbons (Fsp3) is 0.312. The first-order valence-corrected chi connectivity index (χ1v) is 6.95. The zero-order valence-corrected chi connectivity index (χ0v) is 11.8.